The fourth-order valence-corrected chi connectivity index (χ4v) is 2.19. The summed E-state index contributed by atoms with van der Waals surface area (Å²) in [4.78, 5) is 20.2. The van der Waals surface area contributed by atoms with Crippen LogP contribution in [0.15, 0.2) is 6.07 Å². The summed E-state index contributed by atoms with van der Waals surface area (Å²) in [7, 11) is 0. The minimum atomic E-state index is -0.953. The lowest BCUT2D eigenvalue weighted by molar-refractivity contribution is -0.148. The summed E-state index contributed by atoms with van der Waals surface area (Å²) in [6, 6.07) is 1.61. The molecule has 0 saturated carbocycles. The number of hydrogen-bond donors (Lipinski definition) is 2. The fraction of sp³-hybridized carbons (Fsp3) is 0.643. The molecule has 110 valence electrons. The largest absolute Gasteiger partial charge is 0.481 e. The SMILES string of the molecule is Cc1cc(C(C)C)nc(NC2COCC2(C)C(=O)O)n1. The second kappa shape index (κ2) is 5.36. The molecule has 2 heterocycles. The van der Waals surface area contributed by atoms with E-state index in [0.717, 1.165) is 11.4 Å². The average Bonchev–Trinajstić information content (AvgIpc) is 2.71. The molecule has 6 nitrogen and oxygen atoms in total. The number of anilines is 1. The minimum Gasteiger partial charge on any atom is -0.481 e. The lowest BCUT2D eigenvalue weighted by Gasteiger charge is -2.25. The van der Waals surface area contributed by atoms with Gasteiger partial charge in [0.25, 0.3) is 0 Å². The van der Waals surface area contributed by atoms with Gasteiger partial charge >= 0.3 is 5.97 Å². The van der Waals surface area contributed by atoms with E-state index in [4.69, 9.17) is 4.74 Å². The third kappa shape index (κ3) is 2.75. The number of carbonyl (C=O) groups is 1. The molecule has 2 unspecified atom stereocenters. The normalized spacial score (nSPS) is 25.9. The number of carboxylic acid groups (broad SMARTS) is 1. The summed E-state index contributed by atoms with van der Waals surface area (Å²) in [6.45, 7) is 8.25. The van der Waals surface area contributed by atoms with Crippen LogP contribution in [0.25, 0.3) is 0 Å². The van der Waals surface area contributed by atoms with Gasteiger partial charge in [-0.3, -0.25) is 4.79 Å². The highest BCUT2D eigenvalue weighted by molar-refractivity contribution is 5.76. The van der Waals surface area contributed by atoms with Gasteiger partial charge in [-0.15, -0.1) is 0 Å². The van der Waals surface area contributed by atoms with Crippen LogP contribution in [0.2, 0.25) is 0 Å². The van der Waals surface area contributed by atoms with Crippen molar-refractivity contribution in [2.45, 2.75) is 39.7 Å². The first-order valence-corrected chi connectivity index (χ1v) is 6.76. The van der Waals surface area contributed by atoms with Crippen LogP contribution in [0, 0.1) is 12.3 Å². The van der Waals surface area contributed by atoms with Crippen molar-refractivity contribution in [3.63, 3.8) is 0 Å². The van der Waals surface area contributed by atoms with E-state index >= 15 is 0 Å². The quantitative estimate of drug-likeness (QED) is 0.874. The lowest BCUT2D eigenvalue weighted by atomic mass is 9.85. The van der Waals surface area contributed by atoms with Crippen LogP contribution in [-0.2, 0) is 9.53 Å². The summed E-state index contributed by atoms with van der Waals surface area (Å²) < 4.78 is 5.32. The summed E-state index contributed by atoms with van der Waals surface area (Å²) >= 11 is 0. The van der Waals surface area contributed by atoms with Crippen molar-refractivity contribution >= 4 is 11.9 Å². The van der Waals surface area contributed by atoms with Crippen LogP contribution in [-0.4, -0.2) is 40.3 Å². The van der Waals surface area contributed by atoms with Crippen LogP contribution < -0.4 is 5.32 Å². The number of carboxylic acids is 1. The molecule has 2 rings (SSSR count). The summed E-state index contributed by atoms with van der Waals surface area (Å²) in [6.07, 6.45) is 0. The van der Waals surface area contributed by atoms with Gasteiger partial charge in [-0.25, -0.2) is 9.97 Å². The maximum atomic E-state index is 11.4. The monoisotopic (exact) mass is 279 g/mol. The highest BCUT2D eigenvalue weighted by atomic mass is 16.5. The van der Waals surface area contributed by atoms with Gasteiger partial charge in [0.2, 0.25) is 5.95 Å². The van der Waals surface area contributed by atoms with Crippen molar-refractivity contribution in [1.29, 1.82) is 0 Å². The third-order valence-electron chi connectivity index (χ3n) is 3.71. The van der Waals surface area contributed by atoms with Crippen molar-refractivity contribution in [2.24, 2.45) is 5.41 Å². The maximum Gasteiger partial charge on any atom is 0.313 e. The van der Waals surface area contributed by atoms with E-state index < -0.39 is 11.4 Å². The second-order valence-corrected chi connectivity index (χ2v) is 5.85. The fourth-order valence-electron chi connectivity index (χ4n) is 2.19. The van der Waals surface area contributed by atoms with E-state index in [9.17, 15) is 9.90 Å². The van der Waals surface area contributed by atoms with E-state index in [2.05, 4.69) is 29.1 Å². The second-order valence-electron chi connectivity index (χ2n) is 5.85. The van der Waals surface area contributed by atoms with E-state index in [1.54, 1.807) is 6.92 Å². The number of aryl methyl sites for hydroxylation is 1. The van der Waals surface area contributed by atoms with Crippen LogP contribution >= 0.6 is 0 Å². The molecule has 1 aromatic heterocycles. The minimum absolute atomic E-state index is 0.197. The molecule has 1 aromatic rings. The van der Waals surface area contributed by atoms with Gasteiger partial charge in [0.15, 0.2) is 0 Å². The molecule has 1 aliphatic heterocycles. The molecule has 6 heteroatoms. The Morgan fingerprint density at radius 1 is 1.55 bits per heavy atom. The Hall–Kier alpha value is -1.69. The van der Waals surface area contributed by atoms with Gasteiger partial charge in [-0.2, -0.15) is 0 Å². The molecule has 0 aromatic carbocycles. The molecule has 1 fully saturated rings. The molecule has 0 radical (unpaired) electrons. The zero-order valence-electron chi connectivity index (χ0n) is 12.3. The molecule has 0 spiro atoms. The van der Waals surface area contributed by atoms with Gasteiger partial charge in [-0.05, 0) is 25.8 Å². The number of aliphatic carboxylic acids is 1. The zero-order chi connectivity index (χ0) is 14.9. The van der Waals surface area contributed by atoms with Gasteiger partial charge in [-0.1, -0.05) is 13.8 Å². The van der Waals surface area contributed by atoms with Gasteiger partial charge in [0.05, 0.1) is 19.3 Å². The first kappa shape index (κ1) is 14.7. The molecular formula is C14H21N3O3. The van der Waals surface area contributed by atoms with E-state index in [1.807, 2.05) is 13.0 Å². The summed E-state index contributed by atoms with van der Waals surface area (Å²) in [5.41, 5.74) is 0.851. The number of nitrogens with zero attached hydrogens (tertiary/aromatic N) is 2. The predicted molar refractivity (Wildman–Crippen MR) is 74.8 cm³/mol. The topological polar surface area (TPSA) is 84.3 Å². The molecular weight excluding hydrogens is 258 g/mol. The number of nitrogens with one attached hydrogen (secondary N) is 1. The molecule has 1 saturated heterocycles. The first-order valence-electron chi connectivity index (χ1n) is 6.76. The van der Waals surface area contributed by atoms with Gasteiger partial charge < -0.3 is 15.2 Å². The number of aromatic nitrogens is 2. The Balaban J connectivity index is 2.24. The smallest absolute Gasteiger partial charge is 0.313 e. The Kier molecular flexibility index (Phi) is 3.94. The van der Waals surface area contributed by atoms with E-state index in [-0.39, 0.29) is 12.6 Å². The maximum absolute atomic E-state index is 11.4. The molecule has 0 aliphatic carbocycles. The Morgan fingerprint density at radius 2 is 2.25 bits per heavy atom. The average molecular weight is 279 g/mol. The highest BCUT2D eigenvalue weighted by Gasteiger charge is 2.47. The van der Waals surface area contributed by atoms with Gasteiger partial charge in [0.1, 0.15) is 5.41 Å². The number of hydrogen-bond acceptors (Lipinski definition) is 5. The molecule has 20 heavy (non-hydrogen) atoms. The van der Waals surface area contributed by atoms with Crippen LogP contribution in [0.1, 0.15) is 38.1 Å². The number of ether oxygens (including phenoxy) is 1. The van der Waals surface area contributed by atoms with Crippen molar-refractivity contribution in [2.75, 3.05) is 18.5 Å². The Morgan fingerprint density at radius 3 is 2.85 bits per heavy atom. The van der Waals surface area contributed by atoms with Crippen LogP contribution in [0.5, 0.6) is 0 Å². The van der Waals surface area contributed by atoms with Crippen molar-refractivity contribution in [3.05, 3.63) is 17.5 Å². The molecule has 0 amide bonds. The predicted octanol–water partition coefficient (Wildman–Crippen LogP) is 1.81. The standard InChI is InChI=1S/C14H21N3O3/c1-8(2)10-5-9(3)15-13(16-10)17-11-6-20-7-14(11,4)12(18)19/h5,8,11H,6-7H2,1-4H3,(H,18,19)(H,15,16,17). The summed E-state index contributed by atoms with van der Waals surface area (Å²) in [5, 5.41) is 12.5. The molecule has 2 N–H and O–H groups in total. The van der Waals surface area contributed by atoms with Gasteiger partial charge in [0, 0.05) is 11.4 Å². The Labute approximate surface area is 118 Å². The molecule has 2 atom stereocenters. The van der Waals surface area contributed by atoms with E-state index in [0.29, 0.717) is 18.5 Å². The number of rotatable bonds is 4. The van der Waals surface area contributed by atoms with Crippen LogP contribution in [0.3, 0.4) is 0 Å². The van der Waals surface area contributed by atoms with Crippen LogP contribution in [0.4, 0.5) is 5.95 Å². The summed E-state index contributed by atoms with van der Waals surface area (Å²) in [5.74, 6) is -0.108. The van der Waals surface area contributed by atoms with Crippen molar-refractivity contribution in [3.8, 4) is 0 Å². The van der Waals surface area contributed by atoms with Crippen molar-refractivity contribution in [1.82, 2.24) is 9.97 Å². The van der Waals surface area contributed by atoms with Crippen molar-refractivity contribution < 1.29 is 14.6 Å². The molecule has 1 aliphatic rings. The first-order chi connectivity index (χ1) is 9.33. The Bertz CT molecular complexity index is 518. The zero-order valence-corrected chi connectivity index (χ0v) is 12.3. The highest BCUT2D eigenvalue weighted by Crippen LogP contribution is 2.30. The lowest BCUT2D eigenvalue weighted by Crippen LogP contribution is -2.43. The molecule has 0 bridgehead atoms. The van der Waals surface area contributed by atoms with E-state index in [1.165, 1.54) is 0 Å². The third-order valence-corrected chi connectivity index (χ3v) is 3.71.